The van der Waals surface area contributed by atoms with Crippen LogP contribution in [0.3, 0.4) is 0 Å². The quantitative estimate of drug-likeness (QED) is 0.450. The van der Waals surface area contributed by atoms with Crippen molar-refractivity contribution < 1.29 is 0 Å². The first-order valence-corrected chi connectivity index (χ1v) is 3.11. The van der Waals surface area contributed by atoms with Gasteiger partial charge < -0.3 is 5.43 Å². The molecule has 0 amide bonds. The first-order valence-electron chi connectivity index (χ1n) is 3.11. The van der Waals surface area contributed by atoms with E-state index in [1.165, 1.54) is 0 Å². The van der Waals surface area contributed by atoms with Gasteiger partial charge in [0.15, 0.2) is 0 Å². The maximum Gasteiger partial charge on any atom is 0.142 e. The molecule has 4 nitrogen and oxygen atoms in total. The van der Waals surface area contributed by atoms with Gasteiger partial charge in [-0.3, -0.25) is 5.84 Å². The van der Waals surface area contributed by atoms with Crippen LogP contribution in [0.25, 0.3) is 0 Å². The van der Waals surface area contributed by atoms with Crippen molar-refractivity contribution in [1.82, 2.24) is 4.98 Å². The minimum Gasteiger partial charge on any atom is -0.324 e. The predicted molar refractivity (Wildman–Crippen MR) is 41.5 cm³/mol. The Morgan fingerprint density at radius 2 is 2.36 bits per heavy atom. The molecule has 0 aliphatic rings. The molecular weight excluding hydrogens is 140 g/mol. The molecule has 1 heterocycles. The van der Waals surface area contributed by atoms with Crippen molar-refractivity contribution in [2.24, 2.45) is 5.84 Å². The monoisotopic (exact) mass is 148 g/mol. The van der Waals surface area contributed by atoms with Gasteiger partial charge in [0.25, 0.3) is 0 Å². The van der Waals surface area contributed by atoms with E-state index in [0.717, 1.165) is 5.69 Å². The minimum absolute atomic E-state index is 0.373. The zero-order valence-electron chi connectivity index (χ0n) is 6.13. The smallest absolute Gasteiger partial charge is 0.142 e. The van der Waals surface area contributed by atoms with Gasteiger partial charge in [-0.1, -0.05) is 0 Å². The third-order valence-electron chi connectivity index (χ3n) is 1.23. The molecule has 0 spiro atoms. The highest BCUT2D eigenvalue weighted by Gasteiger charge is 1.96. The lowest BCUT2D eigenvalue weighted by atomic mass is 10.3. The van der Waals surface area contributed by atoms with E-state index in [4.69, 9.17) is 11.1 Å². The molecule has 0 aliphatic carbocycles. The molecule has 4 heteroatoms. The number of anilines is 1. The van der Waals surface area contributed by atoms with Gasteiger partial charge in [-0.2, -0.15) is 5.26 Å². The van der Waals surface area contributed by atoms with Crippen molar-refractivity contribution >= 4 is 5.69 Å². The van der Waals surface area contributed by atoms with Gasteiger partial charge >= 0.3 is 0 Å². The van der Waals surface area contributed by atoms with Crippen LogP contribution in [-0.2, 0) is 0 Å². The zero-order valence-corrected chi connectivity index (χ0v) is 6.13. The normalized spacial score (nSPS) is 8.82. The van der Waals surface area contributed by atoms with E-state index in [2.05, 4.69) is 10.4 Å². The lowest BCUT2D eigenvalue weighted by molar-refractivity contribution is 1.16. The number of nitrogens with two attached hydrogens (primary N) is 1. The van der Waals surface area contributed by atoms with Crippen molar-refractivity contribution in [2.45, 2.75) is 6.92 Å². The van der Waals surface area contributed by atoms with Crippen molar-refractivity contribution in [2.75, 3.05) is 5.43 Å². The number of nitrogens with one attached hydrogen (secondary N) is 1. The lowest BCUT2D eigenvalue weighted by Gasteiger charge is -2.00. The van der Waals surface area contributed by atoms with Gasteiger partial charge in [0.1, 0.15) is 11.8 Å². The van der Waals surface area contributed by atoms with Crippen LogP contribution in [0.5, 0.6) is 0 Å². The molecule has 0 fully saturated rings. The molecule has 1 aromatic heterocycles. The van der Waals surface area contributed by atoms with Crippen molar-refractivity contribution in [1.29, 1.82) is 5.26 Å². The Morgan fingerprint density at radius 1 is 1.64 bits per heavy atom. The Hall–Kier alpha value is -1.60. The van der Waals surface area contributed by atoms with Gasteiger partial charge in [0.05, 0.1) is 5.69 Å². The fraction of sp³-hybridized carbons (Fsp3) is 0.143. The number of rotatable bonds is 1. The van der Waals surface area contributed by atoms with Crippen LogP contribution in [0, 0.1) is 18.3 Å². The van der Waals surface area contributed by atoms with Crippen LogP contribution in [-0.4, -0.2) is 4.98 Å². The van der Waals surface area contributed by atoms with Gasteiger partial charge in [-0.25, -0.2) is 4.98 Å². The summed E-state index contributed by atoms with van der Waals surface area (Å²) < 4.78 is 0. The summed E-state index contributed by atoms with van der Waals surface area (Å²) >= 11 is 0. The summed E-state index contributed by atoms with van der Waals surface area (Å²) in [6.07, 6.45) is 0. The summed E-state index contributed by atoms with van der Waals surface area (Å²) in [6.45, 7) is 1.81. The van der Waals surface area contributed by atoms with Crippen LogP contribution < -0.4 is 11.3 Å². The molecule has 0 aromatic carbocycles. The Labute approximate surface area is 64.6 Å². The SMILES string of the molecule is Cc1cc(NN)cc(C#N)n1. The van der Waals surface area contributed by atoms with E-state index in [0.29, 0.717) is 11.4 Å². The summed E-state index contributed by atoms with van der Waals surface area (Å²) in [6, 6.07) is 5.29. The van der Waals surface area contributed by atoms with Crippen LogP contribution >= 0.6 is 0 Å². The number of aryl methyl sites for hydroxylation is 1. The number of hydrogen-bond donors (Lipinski definition) is 2. The predicted octanol–water partition coefficient (Wildman–Crippen LogP) is 0.547. The summed E-state index contributed by atoms with van der Waals surface area (Å²) in [5.41, 5.74) is 4.30. The maximum atomic E-state index is 8.50. The van der Waals surface area contributed by atoms with Crippen molar-refractivity contribution in [3.8, 4) is 6.07 Å². The van der Waals surface area contributed by atoms with E-state index < -0.39 is 0 Å². The van der Waals surface area contributed by atoms with Crippen molar-refractivity contribution in [3.63, 3.8) is 0 Å². The molecule has 11 heavy (non-hydrogen) atoms. The number of nitriles is 1. The number of hydrogen-bond acceptors (Lipinski definition) is 4. The molecule has 0 radical (unpaired) electrons. The average molecular weight is 148 g/mol. The molecule has 1 rings (SSSR count). The van der Waals surface area contributed by atoms with Gasteiger partial charge in [-0.15, -0.1) is 0 Å². The van der Waals surface area contributed by atoms with E-state index in [1.807, 2.05) is 13.0 Å². The van der Waals surface area contributed by atoms with Crippen LogP contribution in [0.1, 0.15) is 11.4 Å². The molecular formula is C7H8N4. The summed E-state index contributed by atoms with van der Waals surface area (Å²) in [5, 5.41) is 8.50. The highest BCUT2D eigenvalue weighted by molar-refractivity contribution is 5.46. The highest BCUT2D eigenvalue weighted by atomic mass is 15.2. The number of nitrogens with zero attached hydrogens (tertiary/aromatic N) is 2. The zero-order chi connectivity index (χ0) is 8.27. The number of nitrogen functional groups attached to an aromatic ring is 1. The Balaban J connectivity index is 3.15. The number of aromatic nitrogens is 1. The molecule has 1 aromatic rings. The van der Waals surface area contributed by atoms with Gasteiger partial charge in [0, 0.05) is 5.69 Å². The third-order valence-corrected chi connectivity index (χ3v) is 1.23. The molecule has 0 saturated heterocycles. The summed E-state index contributed by atoms with van der Waals surface area (Å²) in [7, 11) is 0. The second-order valence-electron chi connectivity index (χ2n) is 2.14. The molecule has 3 N–H and O–H groups in total. The summed E-state index contributed by atoms with van der Waals surface area (Å²) in [4.78, 5) is 3.94. The highest BCUT2D eigenvalue weighted by Crippen LogP contribution is 2.08. The number of hydrazine groups is 1. The van der Waals surface area contributed by atoms with Gasteiger partial charge in [-0.05, 0) is 19.1 Å². The fourth-order valence-electron chi connectivity index (χ4n) is 0.809. The molecule has 0 unspecified atom stereocenters. The molecule has 0 bridgehead atoms. The van der Waals surface area contributed by atoms with E-state index in [9.17, 15) is 0 Å². The van der Waals surface area contributed by atoms with Crippen LogP contribution in [0.4, 0.5) is 5.69 Å². The Bertz CT molecular complexity index is 300. The largest absolute Gasteiger partial charge is 0.324 e. The first kappa shape index (κ1) is 7.51. The topological polar surface area (TPSA) is 74.7 Å². The standard InChI is InChI=1S/C7H8N4/c1-5-2-6(11-9)3-7(4-8)10-5/h2-3H,9H2,1H3,(H,10,11). The minimum atomic E-state index is 0.373. The number of pyridine rings is 1. The lowest BCUT2D eigenvalue weighted by Crippen LogP contribution is -2.07. The van der Waals surface area contributed by atoms with Gasteiger partial charge in [0.2, 0.25) is 0 Å². The second-order valence-corrected chi connectivity index (χ2v) is 2.14. The molecule has 56 valence electrons. The maximum absolute atomic E-state index is 8.50. The Morgan fingerprint density at radius 3 is 2.91 bits per heavy atom. The Kier molecular flexibility index (Phi) is 2.04. The fourth-order valence-corrected chi connectivity index (χ4v) is 0.809. The van der Waals surface area contributed by atoms with E-state index in [1.54, 1.807) is 12.1 Å². The molecule has 0 atom stereocenters. The first-order chi connectivity index (χ1) is 5.26. The molecule has 0 aliphatic heterocycles. The van der Waals surface area contributed by atoms with Crippen molar-refractivity contribution in [3.05, 3.63) is 23.5 Å². The third kappa shape index (κ3) is 1.66. The van der Waals surface area contributed by atoms with Crippen LogP contribution in [0.15, 0.2) is 12.1 Å². The van der Waals surface area contributed by atoms with Crippen LogP contribution in [0.2, 0.25) is 0 Å². The summed E-state index contributed by atoms with van der Waals surface area (Å²) in [5.74, 6) is 5.16. The average Bonchev–Trinajstić information content (AvgIpc) is 2.03. The molecule has 0 saturated carbocycles. The van der Waals surface area contributed by atoms with E-state index in [-0.39, 0.29) is 0 Å². The van der Waals surface area contributed by atoms with E-state index >= 15 is 0 Å². The second kappa shape index (κ2) is 2.99.